The first-order valence-electron chi connectivity index (χ1n) is 9.38. The number of carbonyl (C=O) groups excluding carboxylic acids is 2. The van der Waals surface area contributed by atoms with Gasteiger partial charge in [0.2, 0.25) is 0 Å². The van der Waals surface area contributed by atoms with Crippen molar-refractivity contribution in [3.05, 3.63) is 57.4 Å². The molecule has 0 saturated carbocycles. The number of aryl methyl sites for hydroxylation is 1. The van der Waals surface area contributed by atoms with E-state index >= 15 is 0 Å². The van der Waals surface area contributed by atoms with E-state index in [1.165, 1.54) is 5.56 Å². The van der Waals surface area contributed by atoms with E-state index in [1.807, 2.05) is 24.3 Å². The van der Waals surface area contributed by atoms with Gasteiger partial charge in [-0.1, -0.05) is 45.0 Å². The second-order valence-corrected chi connectivity index (χ2v) is 9.07. The van der Waals surface area contributed by atoms with E-state index in [2.05, 4.69) is 36.4 Å². The highest BCUT2D eigenvalue weighted by atomic mass is 32.1. The van der Waals surface area contributed by atoms with E-state index in [1.54, 1.807) is 30.8 Å². The number of aromatic hydroxyl groups is 1. The minimum atomic E-state index is -0.430. The summed E-state index contributed by atoms with van der Waals surface area (Å²) >= 11 is 1.08. The van der Waals surface area contributed by atoms with Gasteiger partial charge >= 0.3 is 0 Å². The van der Waals surface area contributed by atoms with Crippen LogP contribution in [0.2, 0.25) is 0 Å². The van der Waals surface area contributed by atoms with Gasteiger partial charge in [0.1, 0.15) is 5.69 Å². The SMILES string of the molecule is C/C(=N\NC(=O)c1ccc(C=O)s1)c1nn(C)c(-c2ccc(C(C)(C)C)cc2)c1O. The zero-order valence-corrected chi connectivity index (χ0v) is 18.4. The molecular weight excluding hydrogens is 400 g/mol. The van der Waals surface area contributed by atoms with Gasteiger partial charge in [-0.2, -0.15) is 10.2 Å². The molecule has 0 bridgehead atoms. The van der Waals surface area contributed by atoms with E-state index in [4.69, 9.17) is 0 Å². The van der Waals surface area contributed by atoms with E-state index in [0.717, 1.165) is 16.9 Å². The predicted molar refractivity (Wildman–Crippen MR) is 118 cm³/mol. The zero-order valence-electron chi connectivity index (χ0n) is 17.6. The quantitative estimate of drug-likeness (QED) is 0.366. The lowest BCUT2D eigenvalue weighted by Crippen LogP contribution is -2.18. The van der Waals surface area contributed by atoms with Crippen LogP contribution in [0.5, 0.6) is 5.75 Å². The second-order valence-electron chi connectivity index (χ2n) is 7.95. The van der Waals surface area contributed by atoms with Crippen molar-refractivity contribution in [3.8, 4) is 17.0 Å². The molecule has 3 aromatic rings. The molecule has 2 N–H and O–H groups in total. The normalized spacial score (nSPS) is 12.1. The molecule has 0 aliphatic rings. The van der Waals surface area contributed by atoms with E-state index in [0.29, 0.717) is 27.4 Å². The molecule has 1 aromatic carbocycles. The van der Waals surface area contributed by atoms with Gasteiger partial charge in [0, 0.05) is 12.6 Å². The highest BCUT2D eigenvalue weighted by Crippen LogP contribution is 2.33. The van der Waals surface area contributed by atoms with Crippen molar-refractivity contribution < 1.29 is 14.7 Å². The summed E-state index contributed by atoms with van der Waals surface area (Å²) in [6, 6.07) is 11.1. The van der Waals surface area contributed by atoms with Crippen LogP contribution in [0.4, 0.5) is 0 Å². The van der Waals surface area contributed by atoms with Crippen molar-refractivity contribution >= 4 is 29.2 Å². The topological polar surface area (TPSA) is 96.6 Å². The molecule has 0 unspecified atom stereocenters. The molecule has 0 aliphatic carbocycles. The Bertz CT molecular complexity index is 1120. The molecule has 0 saturated heterocycles. The predicted octanol–water partition coefficient (Wildman–Crippen LogP) is 4.12. The second kappa shape index (κ2) is 8.23. The zero-order chi connectivity index (χ0) is 22.1. The summed E-state index contributed by atoms with van der Waals surface area (Å²) in [5.74, 6) is -0.434. The van der Waals surface area contributed by atoms with Crippen LogP contribution >= 0.6 is 11.3 Å². The van der Waals surface area contributed by atoms with Gasteiger partial charge in [-0.05, 0) is 30.0 Å². The third-order valence-corrected chi connectivity index (χ3v) is 5.69. The molecule has 2 aromatic heterocycles. The Balaban J connectivity index is 1.84. The molecule has 1 amide bonds. The Morgan fingerprint density at radius 3 is 2.43 bits per heavy atom. The average Bonchev–Trinajstić information content (AvgIpc) is 3.30. The monoisotopic (exact) mass is 424 g/mol. The number of aromatic nitrogens is 2. The summed E-state index contributed by atoms with van der Waals surface area (Å²) in [5, 5.41) is 19.2. The van der Waals surface area contributed by atoms with Gasteiger partial charge in [0.15, 0.2) is 17.7 Å². The van der Waals surface area contributed by atoms with Crippen LogP contribution in [0.15, 0.2) is 41.5 Å². The molecular formula is C22H24N4O3S. The number of rotatable bonds is 5. The fraction of sp³-hybridized carbons (Fsp3) is 0.273. The van der Waals surface area contributed by atoms with Crippen LogP contribution in [-0.2, 0) is 12.5 Å². The summed E-state index contributed by atoms with van der Waals surface area (Å²) < 4.78 is 1.59. The molecule has 7 nitrogen and oxygen atoms in total. The highest BCUT2D eigenvalue weighted by Gasteiger charge is 2.20. The maximum atomic E-state index is 12.2. The van der Waals surface area contributed by atoms with Crippen LogP contribution in [-0.4, -0.2) is 32.8 Å². The highest BCUT2D eigenvalue weighted by molar-refractivity contribution is 7.15. The molecule has 8 heteroatoms. The van der Waals surface area contributed by atoms with Crippen molar-refractivity contribution in [2.24, 2.45) is 12.1 Å². The number of amides is 1. The summed E-state index contributed by atoms with van der Waals surface area (Å²) in [4.78, 5) is 23.8. The van der Waals surface area contributed by atoms with Crippen molar-refractivity contribution in [3.63, 3.8) is 0 Å². The number of carbonyl (C=O) groups is 2. The lowest BCUT2D eigenvalue weighted by Gasteiger charge is -2.19. The molecule has 0 radical (unpaired) electrons. The fourth-order valence-electron chi connectivity index (χ4n) is 2.99. The van der Waals surface area contributed by atoms with Crippen LogP contribution in [0.1, 0.15) is 58.3 Å². The Morgan fingerprint density at radius 2 is 1.87 bits per heavy atom. The van der Waals surface area contributed by atoms with E-state index in [-0.39, 0.29) is 16.9 Å². The number of hydrogen-bond acceptors (Lipinski definition) is 6. The smallest absolute Gasteiger partial charge is 0.281 e. The molecule has 30 heavy (non-hydrogen) atoms. The Labute approximate surface area is 179 Å². The van der Waals surface area contributed by atoms with Crippen molar-refractivity contribution in [2.75, 3.05) is 0 Å². The lowest BCUT2D eigenvalue weighted by atomic mass is 9.86. The molecule has 3 rings (SSSR count). The Kier molecular flexibility index (Phi) is 5.89. The third-order valence-electron chi connectivity index (χ3n) is 4.68. The third kappa shape index (κ3) is 4.33. The van der Waals surface area contributed by atoms with Gasteiger partial charge in [0.25, 0.3) is 5.91 Å². The maximum absolute atomic E-state index is 12.2. The lowest BCUT2D eigenvalue weighted by molar-refractivity contribution is 0.0958. The number of hydrogen-bond donors (Lipinski definition) is 2. The largest absolute Gasteiger partial charge is 0.504 e. The first-order chi connectivity index (χ1) is 14.1. The van der Waals surface area contributed by atoms with E-state index < -0.39 is 5.91 Å². The Hall–Kier alpha value is -3.26. The number of nitrogens with one attached hydrogen (secondary N) is 1. The average molecular weight is 425 g/mol. The van der Waals surface area contributed by atoms with Crippen LogP contribution in [0, 0.1) is 0 Å². The molecule has 156 valence electrons. The van der Waals surface area contributed by atoms with Crippen molar-refractivity contribution in [1.29, 1.82) is 0 Å². The number of benzene rings is 1. The molecule has 0 spiro atoms. The summed E-state index contributed by atoms with van der Waals surface area (Å²) in [6.07, 6.45) is 0.692. The molecule has 0 atom stereocenters. The van der Waals surface area contributed by atoms with Gasteiger partial charge in [-0.3, -0.25) is 14.3 Å². The first-order valence-corrected chi connectivity index (χ1v) is 10.2. The number of nitrogens with zero attached hydrogens (tertiary/aromatic N) is 3. The fourth-order valence-corrected chi connectivity index (χ4v) is 3.70. The van der Waals surface area contributed by atoms with Gasteiger partial charge in [-0.15, -0.1) is 11.3 Å². The standard InChI is InChI=1S/C22H24N4O3S/c1-13(23-24-21(29)17-11-10-16(12-27)30-17)18-20(28)19(26(5)25-18)14-6-8-15(9-7-14)22(2,3)4/h6-12,28H,1-5H3,(H,24,29)/b23-13+. The van der Waals surface area contributed by atoms with Crippen LogP contribution in [0.3, 0.4) is 0 Å². The van der Waals surface area contributed by atoms with Crippen molar-refractivity contribution in [1.82, 2.24) is 15.2 Å². The molecule has 0 aliphatic heterocycles. The van der Waals surface area contributed by atoms with Crippen molar-refractivity contribution in [2.45, 2.75) is 33.1 Å². The Morgan fingerprint density at radius 1 is 1.20 bits per heavy atom. The van der Waals surface area contributed by atoms with Crippen LogP contribution in [0.25, 0.3) is 11.3 Å². The van der Waals surface area contributed by atoms with Gasteiger partial charge < -0.3 is 5.11 Å². The van der Waals surface area contributed by atoms with Gasteiger partial charge in [-0.25, -0.2) is 5.43 Å². The minimum Gasteiger partial charge on any atom is -0.504 e. The number of hydrazone groups is 1. The van der Waals surface area contributed by atoms with Crippen LogP contribution < -0.4 is 5.43 Å². The maximum Gasteiger partial charge on any atom is 0.281 e. The molecule has 0 fully saturated rings. The van der Waals surface area contributed by atoms with Gasteiger partial charge in [0.05, 0.1) is 15.5 Å². The minimum absolute atomic E-state index is 0.00382. The summed E-state index contributed by atoms with van der Waals surface area (Å²) in [6.45, 7) is 8.09. The molecule has 2 heterocycles. The first kappa shape index (κ1) is 21.4. The summed E-state index contributed by atoms with van der Waals surface area (Å²) in [7, 11) is 1.74. The number of thiophene rings is 1. The summed E-state index contributed by atoms with van der Waals surface area (Å²) in [5.41, 5.74) is 5.72. The number of aldehydes is 1. The van der Waals surface area contributed by atoms with E-state index in [9.17, 15) is 14.7 Å².